The van der Waals surface area contributed by atoms with Crippen LogP contribution in [0.4, 0.5) is 0 Å². The minimum Gasteiger partial charge on any atom is -0.378 e. The van der Waals surface area contributed by atoms with Crippen molar-refractivity contribution >= 4 is 16.6 Å². The highest BCUT2D eigenvalue weighted by molar-refractivity contribution is 6.10. The summed E-state index contributed by atoms with van der Waals surface area (Å²) >= 11 is 0. The lowest BCUT2D eigenvalue weighted by Gasteiger charge is -2.22. The number of nitrogens with zero attached hydrogens (tertiary/aromatic N) is 1. The molecule has 0 atom stereocenters. The molecule has 0 aliphatic carbocycles. The van der Waals surface area contributed by atoms with Gasteiger partial charge in [-0.05, 0) is 28.8 Å². The summed E-state index contributed by atoms with van der Waals surface area (Å²) in [4.78, 5) is 14.0. The van der Waals surface area contributed by atoms with Crippen molar-refractivity contribution in [2.24, 2.45) is 0 Å². The maximum absolute atomic E-state index is 12.1. The van der Waals surface area contributed by atoms with Gasteiger partial charge >= 0.3 is 0 Å². The van der Waals surface area contributed by atoms with Gasteiger partial charge in [-0.15, -0.1) is 0 Å². The van der Waals surface area contributed by atoms with E-state index in [2.05, 4.69) is 12.0 Å². The van der Waals surface area contributed by atoms with E-state index in [0.717, 1.165) is 23.9 Å². The van der Waals surface area contributed by atoms with Crippen LogP contribution < -0.4 is 0 Å². The Bertz CT molecular complexity index is 691. The second-order valence-corrected chi connectivity index (χ2v) is 4.73. The van der Waals surface area contributed by atoms with E-state index in [-0.39, 0.29) is 5.78 Å². The molecular formula is C17H15NO2. The number of rotatable bonds is 1. The van der Waals surface area contributed by atoms with Crippen LogP contribution in [0.1, 0.15) is 10.4 Å². The fraction of sp³-hybridized carbons (Fsp3) is 0.235. The molecule has 20 heavy (non-hydrogen) atoms. The molecular weight excluding hydrogens is 250 g/mol. The summed E-state index contributed by atoms with van der Waals surface area (Å²) in [5.41, 5.74) is 0.643. The zero-order valence-corrected chi connectivity index (χ0v) is 11.1. The van der Waals surface area contributed by atoms with E-state index in [9.17, 15) is 4.79 Å². The summed E-state index contributed by atoms with van der Waals surface area (Å²) in [5, 5.41) is 2.19. The van der Waals surface area contributed by atoms with Gasteiger partial charge in [0, 0.05) is 24.7 Å². The van der Waals surface area contributed by atoms with Gasteiger partial charge in [0.05, 0.1) is 13.2 Å². The highest BCUT2D eigenvalue weighted by Crippen LogP contribution is 2.15. The standard InChI is InChI=1S/C17H15NO2/c19-17(7-8-18-9-11-20-12-10-18)16-6-5-14-3-1-2-4-15(14)13-16/h1-6,13H,9-12H2. The fourth-order valence-corrected chi connectivity index (χ4v) is 2.21. The first-order chi connectivity index (χ1) is 9.83. The van der Waals surface area contributed by atoms with E-state index >= 15 is 0 Å². The Hall–Kier alpha value is -2.31. The summed E-state index contributed by atoms with van der Waals surface area (Å²) in [6.07, 6.45) is 0. The summed E-state index contributed by atoms with van der Waals surface area (Å²) in [6.45, 7) is 2.88. The molecule has 1 fully saturated rings. The second-order valence-electron chi connectivity index (χ2n) is 4.73. The van der Waals surface area contributed by atoms with Crippen LogP contribution in [0.3, 0.4) is 0 Å². The lowest BCUT2D eigenvalue weighted by Crippen LogP contribution is -2.32. The minimum atomic E-state index is -0.137. The highest BCUT2D eigenvalue weighted by Gasteiger charge is 2.07. The monoisotopic (exact) mass is 265 g/mol. The van der Waals surface area contributed by atoms with Crippen LogP contribution >= 0.6 is 0 Å². The van der Waals surface area contributed by atoms with Gasteiger partial charge in [-0.3, -0.25) is 4.79 Å². The second kappa shape index (κ2) is 5.77. The molecule has 100 valence electrons. The van der Waals surface area contributed by atoms with Crippen LogP contribution in [0.5, 0.6) is 0 Å². The van der Waals surface area contributed by atoms with E-state index in [0.29, 0.717) is 18.8 Å². The zero-order chi connectivity index (χ0) is 13.8. The van der Waals surface area contributed by atoms with Crippen molar-refractivity contribution < 1.29 is 9.53 Å². The zero-order valence-electron chi connectivity index (χ0n) is 11.1. The average molecular weight is 265 g/mol. The third-order valence-electron chi connectivity index (χ3n) is 3.35. The van der Waals surface area contributed by atoms with Crippen molar-refractivity contribution in [3.8, 4) is 12.0 Å². The van der Waals surface area contributed by atoms with E-state index < -0.39 is 0 Å². The number of hydrogen-bond acceptors (Lipinski definition) is 3. The molecule has 3 heteroatoms. The molecule has 2 aromatic carbocycles. The number of benzene rings is 2. The van der Waals surface area contributed by atoms with Gasteiger partial charge in [0.15, 0.2) is 0 Å². The molecule has 0 amide bonds. The molecule has 1 saturated heterocycles. The summed E-state index contributed by atoms with van der Waals surface area (Å²) in [5.74, 6) is 2.58. The lowest BCUT2D eigenvalue weighted by atomic mass is 10.0. The van der Waals surface area contributed by atoms with Crippen molar-refractivity contribution in [1.82, 2.24) is 4.90 Å². The predicted octanol–water partition coefficient (Wildman–Crippen LogP) is 2.32. The van der Waals surface area contributed by atoms with E-state index in [1.165, 1.54) is 0 Å². The normalized spacial score (nSPS) is 14.7. The Morgan fingerprint density at radius 3 is 2.60 bits per heavy atom. The van der Waals surface area contributed by atoms with Crippen LogP contribution in [0.25, 0.3) is 10.8 Å². The third kappa shape index (κ3) is 2.81. The van der Waals surface area contributed by atoms with Crippen LogP contribution in [0.2, 0.25) is 0 Å². The largest absolute Gasteiger partial charge is 0.378 e. The Labute approximate surface area is 118 Å². The topological polar surface area (TPSA) is 29.5 Å². The number of carbonyl (C=O) groups excluding carboxylic acids is 1. The Balaban J connectivity index is 1.80. The first-order valence-corrected chi connectivity index (χ1v) is 6.70. The maximum atomic E-state index is 12.1. The summed E-state index contributed by atoms with van der Waals surface area (Å²) in [7, 11) is 0. The Morgan fingerprint density at radius 2 is 1.80 bits per heavy atom. The number of hydrogen-bond donors (Lipinski definition) is 0. The number of Topliss-reactive ketones (excluding diaryl/α,β-unsaturated/α-hetero) is 1. The lowest BCUT2D eigenvalue weighted by molar-refractivity contribution is 0.0637. The van der Waals surface area contributed by atoms with Crippen molar-refractivity contribution in [3.63, 3.8) is 0 Å². The number of fused-ring (bicyclic) bond motifs is 1. The maximum Gasteiger partial charge on any atom is 0.237 e. The summed E-state index contributed by atoms with van der Waals surface area (Å²) < 4.78 is 5.24. The molecule has 1 aliphatic rings. The van der Waals surface area contributed by atoms with Gasteiger partial charge in [0.2, 0.25) is 5.78 Å². The van der Waals surface area contributed by atoms with E-state index in [1.807, 2.05) is 47.4 Å². The molecule has 3 rings (SSSR count). The molecule has 0 N–H and O–H groups in total. The van der Waals surface area contributed by atoms with Crippen molar-refractivity contribution in [1.29, 1.82) is 0 Å². The van der Waals surface area contributed by atoms with Crippen molar-refractivity contribution in [2.75, 3.05) is 26.3 Å². The molecule has 0 bridgehead atoms. The van der Waals surface area contributed by atoms with Gasteiger partial charge in [-0.1, -0.05) is 30.3 Å². The van der Waals surface area contributed by atoms with Crippen LogP contribution in [0.15, 0.2) is 42.5 Å². The van der Waals surface area contributed by atoms with Gasteiger partial charge in [0.25, 0.3) is 0 Å². The van der Waals surface area contributed by atoms with Crippen molar-refractivity contribution in [2.45, 2.75) is 0 Å². The molecule has 0 aromatic heterocycles. The molecule has 0 spiro atoms. The number of carbonyl (C=O) groups is 1. The molecule has 1 aliphatic heterocycles. The SMILES string of the molecule is O=C(C#CN1CCOCC1)c1ccc2ccccc2c1. The quantitative estimate of drug-likeness (QED) is 0.585. The van der Waals surface area contributed by atoms with Gasteiger partial charge in [-0.25, -0.2) is 0 Å². The number of morpholine rings is 1. The summed E-state index contributed by atoms with van der Waals surface area (Å²) in [6, 6.07) is 16.6. The molecule has 0 radical (unpaired) electrons. The first kappa shape index (κ1) is 12.7. The van der Waals surface area contributed by atoms with Crippen LogP contribution in [-0.4, -0.2) is 37.0 Å². The molecule has 1 heterocycles. The Morgan fingerprint density at radius 1 is 1.05 bits per heavy atom. The highest BCUT2D eigenvalue weighted by atomic mass is 16.5. The van der Waals surface area contributed by atoms with E-state index in [1.54, 1.807) is 0 Å². The number of ketones is 1. The van der Waals surface area contributed by atoms with Gasteiger partial charge in [-0.2, -0.15) is 0 Å². The van der Waals surface area contributed by atoms with Crippen molar-refractivity contribution in [3.05, 3.63) is 48.0 Å². The van der Waals surface area contributed by atoms with E-state index in [4.69, 9.17) is 4.74 Å². The number of ether oxygens (including phenoxy) is 1. The van der Waals surface area contributed by atoms with Gasteiger partial charge < -0.3 is 9.64 Å². The average Bonchev–Trinajstić information content (AvgIpc) is 2.53. The predicted molar refractivity (Wildman–Crippen MR) is 78.4 cm³/mol. The first-order valence-electron chi connectivity index (χ1n) is 6.70. The molecule has 0 unspecified atom stereocenters. The molecule has 2 aromatic rings. The van der Waals surface area contributed by atoms with Crippen LogP contribution in [-0.2, 0) is 4.74 Å². The smallest absolute Gasteiger partial charge is 0.237 e. The fourth-order valence-electron chi connectivity index (χ4n) is 2.21. The Kier molecular flexibility index (Phi) is 3.67. The van der Waals surface area contributed by atoms with Gasteiger partial charge in [0.1, 0.15) is 0 Å². The van der Waals surface area contributed by atoms with Crippen LogP contribution in [0, 0.1) is 12.0 Å². The molecule has 0 saturated carbocycles. The third-order valence-corrected chi connectivity index (χ3v) is 3.35. The molecule has 3 nitrogen and oxygen atoms in total. The minimum absolute atomic E-state index is 0.137.